The number of nitrogens with zero attached hydrogens (tertiary/aromatic N) is 5. The molecule has 3 aromatic rings. The molecule has 0 radical (unpaired) electrons. The third kappa shape index (κ3) is 6.18. The van der Waals surface area contributed by atoms with E-state index >= 15 is 0 Å². The summed E-state index contributed by atoms with van der Waals surface area (Å²) in [4.78, 5) is 31.7. The van der Waals surface area contributed by atoms with Gasteiger partial charge in [0.05, 0.1) is 6.61 Å². The molecule has 3 aliphatic rings. The number of amides is 1. The Labute approximate surface area is 239 Å². The van der Waals surface area contributed by atoms with E-state index in [4.69, 9.17) is 24.2 Å². The second-order valence-electron chi connectivity index (χ2n) is 10.8. The van der Waals surface area contributed by atoms with Crippen molar-refractivity contribution in [3.05, 3.63) is 59.7 Å². The molecule has 2 unspecified atom stereocenters. The molecular formula is C31H36FN5O4. The largest absolute Gasteiger partial charge is 0.491 e. The van der Waals surface area contributed by atoms with E-state index < -0.39 is 6.04 Å². The summed E-state index contributed by atoms with van der Waals surface area (Å²) in [6, 6.07) is 9.46. The Morgan fingerprint density at radius 3 is 2.85 bits per heavy atom. The van der Waals surface area contributed by atoms with Crippen LogP contribution in [0, 0.1) is 5.82 Å². The first-order chi connectivity index (χ1) is 20.1. The van der Waals surface area contributed by atoms with E-state index in [1.165, 1.54) is 12.1 Å². The highest BCUT2D eigenvalue weighted by atomic mass is 19.1. The Morgan fingerprint density at radius 2 is 2.00 bits per heavy atom. The maximum Gasteiger partial charge on any atom is 0.249 e. The average molecular weight is 562 g/mol. The number of likely N-dealkylation sites (N-methyl/N-ethyl adjacent to an activating group) is 1. The predicted molar refractivity (Wildman–Crippen MR) is 153 cm³/mol. The SMILES string of the molecule is CN(c1nc(-c2cc(OCCOC3CCCCO3)ccn2)nc2c1CCC2)C1CCCN(c2cccc(F)c2)C1=O. The van der Waals surface area contributed by atoms with Crippen LogP contribution in [0.4, 0.5) is 15.9 Å². The van der Waals surface area contributed by atoms with Gasteiger partial charge in [0.1, 0.15) is 35.7 Å². The lowest BCUT2D eigenvalue weighted by Gasteiger charge is -2.38. The summed E-state index contributed by atoms with van der Waals surface area (Å²) in [5, 5.41) is 0. The molecule has 2 fully saturated rings. The first-order valence-corrected chi connectivity index (χ1v) is 14.6. The van der Waals surface area contributed by atoms with Crippen molar-refractivity contribution >= 4 is 17.4 Å². The fourth-order valence-electron chi connectivity index (χ4n) is 5.89. The Kier molecular flexibility index (Phi) is 8.38. The molecule has 0 spiro atoms. The third-order valence-electron chi connectivity index (χ3n) is 8.00. The number of halogens is 1. The molecule has 1 amide bonds. The van der Waals surface area contributed by atoms with E-state index in [1.54, 1.807) is 23.2 Å². The first kappa shape index (κ1) is 27.5. The Balaban J connectivity index is 1.19. The van der Waals surface area contributed by atoms with E-state index in [1.807, 2.05) is 24.1 Å². The first-order valence-electron chi connectivity index (χ1n) is 14.6. The summed E-state index contributed by atoms with van der Waals surface area (Å²) in [6.07, 6.45) is 8.90. The van der Waals surface area contributed by atoms with Crippen molar-refractivity contribution in [2.24, 2.45) is 0 Å². The van der Waals surface area contributed by atoms with Crippen LogP contribution in [-0.2, 0) is 27.1 Å². The maximum atomic E-state index is 13.9. The van der Waals surface area contributed by atoms with Gasteiger partial charge in [-0.2, -0.15) is 0 Å². The number of aryl methyl sites for hydroxylation is 1. The lowest BCUT2D eigenvalue weighted by atomic mass is 10.0. The summed E-state index contributed by atoms with van der Waals surface area (Å²) in [5.41, 5.74) is 3.27. The summed E-state index contributed by atoms with van der Waals surface area (Å²) in [7, 11) is 1.92. The van der Waals surface area contributed by atoms with Crippen molar-refractivity contribution in [2.75, 3.05) is 43.2 Å². The van der Waals surface area contributed by atoms with Gasteiger partial charge in [-0.15, -0.1) is 0 Å². The summed E-state index contributed by atoms with van der Waals surface area (Å²) in [5.74, 6) is 1.53. The van der Waals surface area contributed by atoms with Crippen molar-refractivity contribution < 1.29 is 23.4 Å². The Morgan fingerprint density at radius 1 is 1.07 bits per heavy atom. The number of rotatable bonds is 9. The van der Waals surface area contributed by atoms with Crippen molar-refractivity contribution in [2.45, 2.75) is 63.7 Å². The van der Waals surface area contributed by atoms with Crippen LogP contribution < -0.4 is 14.5 Å². The minimum absolute atomic E-state index is 0.0503. The Bertz CT molecular complexity index is 1380. The van der Waals surface area contributed by atoms with Crippen LogP contribution in [0.25, 0.3) is 11.5 Å². The molecule has 41 heavy (non-hydrogen) atoms. The molecule has 10 heteroatoms. The van der Waals surface area contributed by atoms with Gasteiger partial charge in [-0.05, 0) is 75.6 Å². The number of pyridine rings is 1. The summed E-state index contributed by atoms with van der Waals surface area (Å²) < 4.78 is 31.3. The highest BCUT2D eigenvalue weighted by molar-refractivity contribution is 5.99. The van der Waals surface area contributed by atoms with Crippen LogP contribution in [-0.4, -0.2) is 66.6 Å². The van der Waals surface area contributed by atoms with Gasteiger partial charge in [-0.1, -0.05) is 6.07 Å². The molecule has 2 atom stereocenters. The number of anilines is 2. The molecule has 2 aliphatic heterocycles. The lowest BCUT2D eigenvalue weighted by Crippen LogP contribution is -2.52. The molecule has 0 N–H and O–H groups in total. The van der Waals surface area contributed by atoms with Gasteiger partial charge < -0.3 is 24.0 Å². The van der Waals surface area contributed by atoms with Gasteiger partial charge in [0.25, 0.3) is 0 Å². The van der Waals surface area contributed by atoms with E-state index in [9.17, 15) is 9.18 Å². The average Bonchev–Trinajstić information content (AvgIpc) is 3.48. The number of benzene rings is 1. The zero-order chi connectivity index (χ0) is 28.2. The minimum atomic E-state index is -0.407. The third-order valence-corrected chi connectivity index (χ3v) is 8.00. The van der Waals surface area contributed by atoms with Gasteiger partial charge in [-0.3, -0.25) is 9.78 Å². The molecule has 0 bridgehead atoms. The van der Waals surface area contributed by atoms with Crippen LogP contribution in [0.5, 0.6) is 5.75 Å². The van der Waals surface area contributed by atoms with Crippen molar-refractivity contribution in [3.8, 4) is 17.3 Å². The zero-order valence-corrected chi connectivity index (χ0v) is 23.4. The van der Waals surface area contributed by atoms with Gasteiger partial charge in [0.15, 0.2) is 12.1 Å². The maximum absolute atomic E-state index is 13.9. The molecular weight excluding hydrogens is 525 g/mol. The zero-order valence-electron chi connectivity index (χ0n) is 23.4. The smallest absolute Gasteiger partial charge is 0.249 e. The van der Waals surface area contributed by atoms with E-state index in [-0.39, 0.29) is 18.0 Å². The molecule has 2 aromatic heterocycles. The fraction of sp³-hybridized carbons (Fsp3) is 0.484. The van der Waals surface area contributed by atoms with Crippen LogP contribution in [0.15, 0.2) is 42.6 Å². The molecule has 1 aliphatic carbocycles. The molecule has 6 rings (SSSR count). The van der Waals surface area contributed by atoms with Crippen molar-refractivity contribution in [1.29, 1.82) is 0 Å². The molecule has 1 aromatic carbocycles. The summed E-state index contributed by atoms with van der Waals surface area (Å²) >= 11 is 0. The molecule has 9 nitrogen and oxygen atoms in total. The van der Waals surface area contributed by atoms with Crippen molar-refractivity contribution in [1.82, 2.24) is 15.0 Å². The van der Waals surface area contributed by atoms with Gasteiger partial charge in [0.2, 0.25) is 5.91 Å². The monoisotopic (exact) mass is 561 g/mol. The van der Waals surface area contributed by atoms with E-state index in [0.717, 1.165) is 68.6 Å². The lowest BCUT2D eigenvalue weighted by molar-refractivity contribution is -0.165. The number of aromatic nitrogens is 3. The summed E-state index contributed by atoms with van der Waals surface area (Å²) in [6.45, 7) is 2.15. The standard InChI is InChI=1S/C31H36FN5O4/c1-36(27-11-6-15-37(31(27)38)22-8-4-7-21(32)19-22)30-24-9-5-10-25(24)34-29(35-30)26-20-23(13-14-33-26)39-17-18-41-28-12-2-3-16-40-28/h4,7-8,13-14,19-20,27-28H,2-3,5-6,9-12,15-18H2,1H3. The number of carbonyl (C=O) groups excluding carboxylic acids is 1. The fourth-order valence-corrected chi connectivity index (χ4v) is 5.89. The second-order valence-corrected chi connectivity index (χ2v) is 10.8. The quantitative estimate of drug-likeness (QED) is 0.347. The van der Waals surface area contributed by atoms with Gasteiger partial charge in [-0.25, -0.2) is 14.4 Å². The topological polar surface area (TPSA) is 89.9 Å². The molecule has 4 heterocycles. The van der Waals surface area contributed by atoms with Gasteiger partial charge >= 0.3 is 0 Å². The highest BCUT2D eigenvalue weighted by Crippen LogP contribution is 2.34. The van der Waals surface area contributed by atoms with Gasteiger partial charge in [0, 0.05) is 49.4 Å². The molecule has 0 saturated carbocycles. The second kappa shape index (κ2) is 12.5. The van der Waals surface area contributed by atoms with E-state index in [2.05, 4.69) is 4.98 Å². The normalized spacial score (nSPS) is 20.6. The number of hydrogen-bond acceptors (Lipinski definition) is 8. The Hall–Kier alpha value is -3.63. The highest BCUT2D eigenvalue weighted by Gasteiger charge is 2.35. The van der Waals surface area contributed by atoms with Crippen molar-refractivity contribution in [3.63, 3.8) is 0 Å². The van der Waals surface area contributed by atoms with E-state index in [0.29, 0.717) is 49.1 Å². The van der Waals surface area contributed by atoms with Crippen LogP contribution in [0.3, 0.4) is 0 Å². The van der Waals surface area contributed by atoms with Crippen LogP contribution in [0.1, 0.15) is 49.8 Å². The number of ether oxygens (including phenoxy) is 3. The molecule has 216 valence electrons. The number of fused-ring (bicyclic) bond motifs is 1. The molecule has 2 saturated heterocycles. The number of hydrogen-bond donors (Lipinski definition) is 0. The number of carbonyl (C=O) groups is 1. The predicted octanol–water partition coefficient (Wildman–Crippen LogP) is 4.72. The number of piperidine rings is 1. The van der Waals surface area contributed by atoms with Crippen LogP contribution in [0.2, 0.25) is 0 Å². The minimum Gasteiger partial charge on any atom is -0.491 e. The van der Waals surface area contributed by atoms with Crippen LogP contribution >= 0.6 is 0 Å².